The fraction of sp³-hybridized carbons (Fsp3) is 0.304. The Labute approximate surface area is 185 Å². The van der Waals surface area contributed by atoms with Crippen molar-refractivity contribution in [2.24, 2.45) is 0 Å². The SMILES string of the molecule is COc1ccc([C@]2(C)NC(=O)N(CC(=O)Nc3ccc(N4CCCC4=O)cc3)C2=O)cc1. The first-order chi connectivity index (χ1) is 15.3. The summed E-state index contributed by atoms with van der Waals surface area (Å²) in [6, 6.07) is 13.1. The molecule has 0 saturated carbocycles. The molecule has 32 heavy (non-hydrogen) atoms. The van der Waals surface area contributed by atoms with Crippen molar-refractivity contribution in [3.8, 4) is 5.75 Å². The van der Waals surface area contributed by atoms with E-state index in [9.17, 15) is 19.2 Å². The van der Waals surface area contributed by atoms with Gasteiger partial charge in [0.15, 0.2) is 0 Å². The lowest BCUT2D eigenvalue weighted by atomic mass is 9.92. The van der Waals surface area contributed by atoms with Crippen LogP contribution in [-0.4, -0.2) is 48.9 Å². The topological polar surface area (TPSA) is 108 Å². The van der Waals surface area contributed by atoms with Crippen LogP contribution in [0.4, 0.5) is 16.2 Å². The van der Waals surface area contributed by atoms with Gasteiger partial charge in [0.1, 0.15) is 17.8 Å². The summed E-state index contributed by atoms with van der Waals surface area (Å²) in [7, 11) is 1.54. The highest BCUT2D eigenvalue weighted by Crippen LogP contribution is 2.30. The fourth-order valence-corrected chi connectivity index (χ4v) is 3.95. The normalized spacial score (nSPS) is 20.5. The van der Waals surface area contributed by atoms with Gasteiger partial charge in [0.25, 0.3) is 5.91 Å². The third kappa shape index (κ3) is 3.89. The maximum atomic E-state index is 13.0. The maximum Gasteiger partial charge on any atom is 0.325 e. The molecule has 2 aromatic carbocycles. The number of imide groups is 1. The van der Waals surface area contributed by atoms with Gasteiger partial charge in [-0.3, -0.25) is 19.3 Å². The Hall–Kier alpha value is -3.88. The summed E-state index contributed by atoms with van der Waals surface area (Å²) in [5.74, 6) is -0.297. The summed E-state index contributed by atoms with van der Waals surface area (Å²) in [5, 5.41) is 5.36. The van der Waals surface area contributed by atoms with Gasteiger partial charge in [-0.1, -0.05) is 12.1 Å². The Kier molecular flexibility index (Phi) is 5.56. The second-order valence-corrected chi connectivity index (χ2v) is 7.92. The van der Waals surface area contributed by atoms with Gasteiger partial charge in [-0.15, -0.1) is 0 Å². The van der Waals surface area contributed by atoms with Gasteiger partial charge >= 0.3 is 6.03 Å². The minimum Gasteiger partial charge on any atom is -0.497 e. The molecule has 2 N–H and O–H groups in total. The van der Waals surface area contributed by atoms with Crippen LogP contribution in [0.2, 0.25) is 0 Å². The Balaban J connectivity index is 1.41. The van der Waals surface area contributed by atoms with E-state index in [1.165, 1.54) is 0 Å². The number of hydrogen-bond donors (Lipinski definition) is 2. The van der Waals surface area contributed by atoms with E-state index in [0.29, 0.717) is 30.0 Å². The molecule has 0 aliphatic carbocycles. The van der Waals surface area contributed by atoms with Gasteiger partial charge in [0, 0.05) is 24.3 Å². The van der Waals surface area contributed by atoms with Gasteiger partial charge in [0.05, 0.1) is 7.11 Å². The Morgan fingerprint density at radius 3 is 2.38 bits per heavy atom. The van der Waals surface area contributed by atoms with E-state index in [1.807, 2.05) is 0 Å². The fourth-order valence-electron chi connectivity index (χ4n) is 3.95. The van der Waals surface area contributed by atoms with Gasteiger partial charge in [0.2, 0.25) is 11.8 Å². The molecule has 2 aliphatic rings. The molecule has 2 fully saturated rings. The number of urea groups is 1. The van der Waals surface area contributed by atoms with Crippen LogP contribution >= 0.6 is 0 Å². The molecule has 2 aliphatic heterocycles. The van der Waals surface area contributed by atoms with Crippen LogP contribution in [0.25, 0.3) is 0 Å². The van der Waals surface area contributed by atoms with E-state index in [0.717, 1.165) is 17.0 Å². The second-order valence-electron chi connectivity index (χ2n) is 7.92. The number of anilines is 2. The summed E-state index contributed by atoms with van der Waals surface area (Å²) in [5.41, 5.74) is 0.602. The third-order valence-corrected chi connectivity index (χ3v) is 5.78. The molecule has 0 bridgehead atoms. The number of nitrogens with zero attached hydrogens (tertiary/aromatic N) is 2. The lowest BCUT2D eigenvalue weighted by molar-refractivity contribution is -0.133. The molecule has 9 heteroatoms. The molecule has 0 unspecified atom stereocenters. The van der Waals surface area contributed by atoms with Gasteiger partial charge < -0.3 is 20.3 Å². The zero-order chi connectivity index (χ0) is 22.9. The molecule has 0 spiro atoms. The van der Waals surface area contributed by atoms with Gasteiger partial charge in [-0.05, 0) is 55.3 Å². The monoisotopic (exact) mass is 436 g/mol. The minimum absolute atomic E-state index is 0.0836. The molecule has 5 amide bonds. The molecule has 4 rings (SSSR count). The van der Waals surface area contributed by atoms with E-state index in [4.69, 9.17) is 4.74 Å². The molecule has 0 aromatic heterocycles. The van der Waals surface area contributed by atoms with Crippen LogP contribution in [-0.2, 0) is 19.9 Å². The van der Waals surface area contributed by atoms with Crippen molar-refractivity contribution in [2.45, 2.75) is 25.3 Å². The van der Waals surface area contributed by atoms with E-state index >= 15 is 0 Å². The molecular weight excluding hydrogens is 412 g/mol. The van der Waals surface area contributed by atoms with Crippen LogP contribution in [0.1, 0.15) is 25.3 Å². The van der Waals surface area contributed by atoms with Crippen LogP contribution < -0.4 is 20.3 Å². The van der Waals surface area contributed by atoms with Crippen LogP contribution in [0.3, 0.4) is 0 Å². The van der Waals surface area contributed by atoms with Gasteiger partial charge in [-0.2, -0.15) is 0 Å². The van der Waals surface area contributed by atoms with Crippen molar-refractivity contribution in [3.05, 3.63) is 54.1 Å². The van der Waals surface area contributed by atoms with Crippen molar-refractivity contribution in [1.82, 2.24) is 10.2 Å². The summed E-state index contributed by atoms with van der Waals surface area (Å²) in [6.07, 6.45) is 1.37. The van der Waals surface area contributed by atoms with Crippen molar-refractivity contribution in [1.29, 1.82) is 0 Å². The number of rotatable bonds is 6. The Morgan fingerprint density at radius 2 is 1.78 bits per heavy atom. The Morgan fingerprint density at radius 1 is 1.09 bits per heavy atom. The first kappa shape index (κ1) is 21.4. The predicted molar refractivity (Wildman–Crippen MR) is 117 cm³/mol. The summed E-state index contributed by atoms with van der Waals surface area (Å²) >= 11 is 0. The Bertz CT molecular complexity index is 1070. The van der Waals surface area contributed by atoms with Crippen molar-refractivity contribution < 1.29 is 23.9 Å². The number of nitrogens with one attached hydrogen (secondary N) is 2. The van der Waals surface area contributed by atoms with E-state index in [1.54, 1.807) is 67.5 Å². The number of hydrogen-bond acceptors (Lipinski definition) is 5. The zero-order valence-corrected chi connectivity index (χ0v) is 17.9. The maximum absolute atomic E-state index is 13.0. The molecular formula is C23H24N4O5. The second kappa shape index (κ2) is 8.33. The number of carbonyl (C=O) groups excluding carboxylic acids is 4. The quantitative estimate of drug-likeness (QED) is 0.675. The molecule has 2 saturated heterocycles. The molecule has 9 nitrogen and oxygen atoms in total. The number of benzene rings is 2. The highest BCUT2D eigenvalue weighted by atomic mass is 16.5. The van der Waals surface area contributed by atoms with Crippen LogP contribution in [0.5, 0.6) is 5.75 Å². The lowest BCUT2D eigenvalue weighted by Crippen LogP contribution is -2.42. The van der Waals surface area contributed by atoms with E-state index < -0.39 is 29.9 Å². The van der Waals surface area contributed by atoms with Crippen LogP contribution in [0.15, 0.2) is 48.5 Å². The smallest absolute Gasteiger partial charge is 0.325 e. The highest BCUT2D eigenvalue weighted by Gasteiger charge is 2.49. The number of ether oxygens (including phenoxy) is 1. The summed E-state index contributed by atoms with van der Waals surface area (Å²) in [6.45, 7) is 1.87. The van der Waals surface area contributed by atoms with Crippen molar-refractivity contribution in [3.63, 3.8) is 0 Å². The number of carbonyl (C=O) groups is 4. The average Bonchev–Trinajstić information content (AvgIpc) is 3.31. The van der Waals surface area contributed by atoms with Crippen LogP contribution in [0, 0.1) is 0 Å². The lowest BCUT2D eigenvalue weighted by Gasteiger charge is -2.22. The molecule has 1 atom stereocenters. The highest BCUT2D eigenvalue weighted by molar-refractivity contribution is 6.10. The largest absolute Gasteiger partial charge is 0.497 e. The summed E-state index contributed by atoms with van der Waals surface area (Å²) < 4.78 is 5.13. The van der Waals surface area contributed by atoms with E-state index in [-0.39, 0.29) is 5.91 Å². The molecule has 0 radical (unpaired) electrons. The van der Waals surface area contributed by atoms with Gasteiger partial charge in [-0.25, -0.2) is 4.79 Å². The zero-order valence-electron chi connectivity index (χ0n) is 17.9. The molecule has 2 heterocycles. The number of amides is 5. The van der Waals surface area contributed by atoms with Crippen molar-refractivity contribution >= 4 is 35.1 Å². The van der Waals surface area contributed by atoms with E-state index in [2.05, 4.69) is 10.6 Å². The van der Waals surface area contributed by atoms with Crippen molar-refractivity contribution in [2.75, 3.05) is 30.4 Å². The molecule has 2 aromatic rings. The predicted octanol–water partition coefficient (Wildman–Crippen LogP) is 2.23. The minimum atomic E-state index is -1.27. The summed E-state index contributed by atoms with van der Waals surface area (Å²) in [4.78, 5) is 52.4. The molecule has 166 valence electrons. The first-order valence-corrected chi connectivity index (χ1v) is 10.3. The number of methoxy groups -OCH3 is 1. The first-order valence-electron chi connectivity index (χ1n) is 10.3. The average molecular weight is 436 g/mol. The third-order valence-electron chi connectivity index (χ3n) is 5.78. The standard InChI is InChI=1S/C23H24N4O5/c1-23(15-5-11-18(32-2)12-6-15)21(30)27(22(31)25-23)14-19(28)24-16-7-9-17(10-8-16)26-13-3-4-20(26)29/h5-12H,3-4,13-14H2,1-2H3,(H,24,28)(H,25,31)/t23-/m0/s1.